The molecule has 1 aliphatic heterocycles. The van der Waals surface area contributed by atoms with Crippen molar-refractivity contribution < 1.29 is 28.7 Å². The predicted molar refractivity (Wildman–Crippen MR) is 184 cm³/mol. The van der Waals surface area contributed by atoms with Crippen LogP contribution in [0.2, 0.25) is 0 Å². The van der Waals surface area contributed by atoms with Crippen LogP contribution in [0.15, 0.2) is 73.3 Å². The summed E-state index contributed by atoms with van der Waals surface area (Å²) >= 11 is 0. The second-order valence-corrected chi connectivity index (χ2v) is 14.6. The van der Waals surface area contributed by atoms with Crippen LogP contribution in [-0.2, 0) is 29.3 Å². The number of fused-ring (bicyclic) bond motifs is 1. The van der Waals surface area contributed by atoms with Crippen molar-refractivity contribution in [3.8, 4) is 0 Å². The van der Waals surface area contributed by atoms with Crippen LogP contribution in [0.25, 0.3) is 0 Å². The Labute approximate surface area is 284 Å². The number of amides is 4. The number of ketones is 1. The number of nitrogens with zero attached hydrogens (tertiary/aromatic N) is 1. The van der Waals surface area contributed by atoms with E-state index in [0.717, 1.165) is 11.1 Å². The number of carbonyl (C=O) groups excluding carboxylic acids is 5. The average Bonchev–Trinajstić information content (AvgIpc) is 3.35. The summed E-state index contributed by atoms with van der Waals surface area (Å²) < 4.78 is 5.66. The fourth-order valence-electron chi connectivity index (χ4n) is 7.15. The number of benzene rings is 2. The summed E-state index contributed by atoms with van der Waals surface area (Å²) in [6.45, 7) is 17.1. The smallest absolute Gasteiger partial charge is 0.408 e. The molecule has 48 heavy (non-hydrogen) atoms. The fourth-order valence-corrected chi connectivity index (χ4v) is 7.15. The van der Waals surface area contributed by atoms with Crippen LogP contribution in [0.3, 0.4) is 0 Å². The predicted octanol–water partition coefficient (Wildman–Crippen LogP) is 4.53. The number of likely N-dealkylation sites (tertiary alicyclic amines) is 1. The normalized spacial score (nSPS) is 20.8. The lowest BCUT2D eigenvalue weighted by atomic mass is 9.70. The minimum Gasteiger partial charge on any atom is -0.444 e. The Hall–Kier alpha value is -4.47. The largest absolute Gasteiger partial charge is 0.444 e. The van der Waals surface area contributed by atoms with Gasteiger partial charge < -0.3 is 25.6 Å². The maximum Gasteiger partial charge on any atom is 0.408 e. The molecule has 0 spiro atoms. The molecule has 4 rings (SSSR count). The molecule has 0 bridgehead atoms. The lowest BCUT2D eigenvalue weighted by Gasteiger charge is -2.42. The number of hydrogen-bond donors (Lipinski definition) is 3. The Morgan fingerprint density at radius 3 is 2.02 bits per heavy atom. The van der Waals surface area contributed by atoms with Gasteiger partial charge in [-0.1, -0.05) is 93.9 Å². The van der Waals surface area contributed by atoms with Gasteiger partial charge in [-0.05, 0) is 62.5 Å². The zero-order chi connectivity index (χ0) is 35.4. The van der Waals surface area contributed by atoms with E-state index in [-0.39, 0.29) is 30.2 Å². The molecule has 2 aliphatic rings. The molecule has 2 aromatic carbocycles. The first-order chi connectivity index (χ1) is 22.6. The fraction of sp³-hybridized carbons (Fsp3) is 0.500. The quantitative estimate of drug-likeness (QED) is 0.214. The highest BCUT2D eigenvalue weighted by Crippen LogP contribution is 2.65. The highest BCUT2D eigenvalue weighted by atomic mass is 16.6. The zero-order valence-electron chi connectivity index (χ0n) is 29.2. The first kappa shape index (κ1) is 36.4. The maximum atomic E-state index is 15.0. The summed E-state index contributed by atoms with van der Waals surface area (Å²) in [5.41, 5.74) is -0.552. The van der Waals surface area contributed by atoms with E-state index in [1.165, 1.54) is 6.08 Å². The van der Waals surface area contributed by atoms with Gasteiger partial charge >= 0.3 is 6.09 Å². The van der Waals surface area contributed by atoms with E-state index in [4.69, 9.17) is 4.74 Å². The van der Waals surface area contributed by atoms with E-state index < -0.39 is 58.7 Å². The number of rotatable bonds is 13. The van der Waals surface area contributed by atoms with Crippen LogP contribution in [0.5, 0.6) is 0 Å². The maximum absolute atomic E-state index is 15.0. The van der Waals surface area contributed by atoms with Crippen LogP contribution in [0, 0.1) is 17.3 Å². The molecule has 258 valence electrons. The third-order valence-corrected chi connectivity index (χ3v) is 9.83. The van der Waals surface area contributed by atoms with Crippen molar-refractivity contribution in [2.75, 3.05) is 13.1 Å². The van der Waals surface area contributed by atoms with Crippen LogP contribution in [0.4, 0.5) is 4.79 Å². The van der Waals surface area contributed by atoms with Gasteiger partial charge in [0.1, 0.15) is 17.7 Å². The molecule has 4 amide bonds. The molecule has 1 aliphatic carbocycles. The Morgan fingerprint density at radius 1 is 0.958 bits per heavy atom. The highest BCUT2D eigenvalue weighted by molar-refractivity contribution is 6.38. The number of carbonyl (C=O) groups is 5. The monoisotopic (exact) mass is 658 g/mol. The summed E-state index contributed by atoms with van der Waals surface area (Å²) in [6.07, 6.45) is 1.51. The Kier molecular flexibility index (Phi) is 10.9. The van der Waals surface area contributed by atoms with E-state index in [0.29, 0.717) is 13.0 Å². The van der Waals surface area contributed by atoms with Gasteiger partial charge in [0.15, 0.2) is 0 Å². The number of alkyl carbamates (subject to hydrolysis) is 1. The molecular formula is C38H50N4O6. The minimum atomic E-state index is -1.18. The molecule has 10 nitrogen and oxygen atoms in total. The molecule has 2 fully saturated rings. The van der Waals surface area contributed by atoms with Gasteiger partial charge in [0.05, 0.1) is 6.04 Å². The molecule has 4 unspecified atom stereocenters. The molecule has 0 aromatic heterocycles. The highest BCUT2D eigenvalue weighted by Gasteiger charge is 2.70. The Balaban J connectivity index is 1.76. The topological polar surface area (TPSA) is 134 Å². The molecule has 3 N–H and O–H groups in total. The van der Waals surface area contributed by atoms with E-state index in [9.17, 15) is 19.2 Å². The molecule has 0 radical (unpaired) electrons. The van der Waals surface area contributed by atoms with Crippen LogP contribution < -0.4 is 16.0 Å². The standard InChI is InChI=1S/C38H50N4O6/c1-9-17-27(30(43)33(45)39-22-10-2)40-32(44)29-28-26(37(28,6)7)23-42(29)34(46)31(41-35(47)48-36(3,4)5)38(8,24-18-13-11-14-19-24)25-20-15-12-16-21-25/h10-16,18-21,26-29,31H,2,9,17,22-23H2,1,3-8H3,(H,39,45)(H,40,44)(H,41,47)/t26?,27?,28?,29-,31?/m0/s1. The summed E-state index contributed by atoms with van der Waals surface area (Å²) in [5, 5.41) is 8.23. The molecule has 1 heterocycles. The first-order valence-electron chi connectivity index (χ1n) is 16.7. The number of hydrogen-bond acceptors (Lipinski definition) is 6. The van der Waals surface area contributed by atoms with Crippen molar-refractivity contribution in [3.63, 3.8) is 0 Å². The molecule has 1 saturated carbocycles. The molecule has 5 atom stereocenters. The van der Waals surface area contributed by atoms with Crippen molar-refractivity contribution in [2.45, 2.75) is 90.4 Å². The summed E-state index contributed by atoms with van der Waals surface area (Å²) in [6, 6.07) is 15.8. The van der Waals surface area contributed by atoms with Crippen molar-refractivity contribution >= 4 is 29.6 Å². The zero-order valence-corrected chi connectivity index (χ0v) is 29.2. The summed E-state index contributed by atoms with van der Waals surface area (Å²) in [7, 11) is 0. The SMILES string of the molecule is C=CCNC(=O)C(=O)C(CCC)NC(=O)[C@@H]1C2C(CN1C(=O)C(NC(=O)OC(C)(C)C)C(C)(c1ccccc1)c1ccccc1)C2(C)C. The minimum absolute atomic E-state index is 0.0373. The second kappa shape index (κ2) is 14.3. The summed E-state index contributed by atoms with van der Waals surface area (Å²) in [4.78, 5) is 69.9. The van der Waals surface area contributed by atoms with E-state index in [2.05, 4.69) is 36.4 Å². The molecule has 2 aromatic rings. The van der Waals surface area contributed by atoms with Gasteiger partial charge in [-0.15, -0.1) is 6.58 Å². The van der Waals surface area contributed by atoms with Crippen molar-refractivity contribution in [1.82, 2.24) is 20.9 Å². The van der Waals surface area contributed by atoms with Gasteiger partial charge in [0.25, 0.3) is 5.91 Å². The molecule has 10 heteroatoms. The van der Waals surface area contributed by atoms with Gasteiger partial charge in [-0.2, -0.15) is 0 Å². The van der Waals surface area contributed by atoms with Crippen LogP contribution in [0.1, 0.15) is 72.4 Å². The first-order valence-corrected chi connectivity index (χ1v) is 16.7. The number of Topliss-reactive ketones (excluding diaryl/α,β-unsaturated/α-hetero) is 1. The van der Waals surface area contributed by atoms with Crippen LogP contribution in [-0.4, -0.2) is 71.3 Å². The third-order valence-electron chi connectivity index (χ3n) is 9.83. The lowest BCUT2D eigenvalue weighted by Crippen LogP contribution is -2.63. The van der Waals surface area contributed by atoms with Gasteiger partial charge in [0, 0.05) is 18.5 Å². The van der Waals surface area contributed by atoms with Gasteiger partial charge in [-0.3, -0.25) is 19.2 Å². The van der Waals surface area contributed by atoms with Crippen molar-refractivity contribution in [2.24, 2.45) is 17.3 Å². The molecule has 1 saturated heterocycles. The number of nitrogens with one attached hydrogen (secondary N) is 3. The Morgan fingerprint density at radius 2 is 1.52 bits per heavy atom. The lowest BCUT2D eigenvalue weighted by molar-refractivity contribution is -0.144. The number of ether oxygens (including phenoxy) is 1. The van der Waals surface area contributed by atoms with E-state index in [1.54, 1.807) is 25.7 Å². The van der Waals surface area contributed by atoms with Gasteiger partial charge in [0.2, 0.25) is 17.6 Å². The number of piperidine rings is 1. The second-order valence-electron chi connectivity index (χ2n) is 14.6. The molecular weight excluding hydrogens is 608 g/mol. The van der Waals surface area contributed by atoms with E-state index >= 15 is 4.79 Å². The Bertz CT molecular complexity index is 1480. The van der Waals surface area contributed by atoms with Gasteiger partial charge in [-0.25, -0.2) is 4.79 Å². The average molecular weight is 659 g/mol. The van der Waals surface area contributed by atoms with Crippen molar-refractivity contribution in [1.29, 1.82) is 0 Å². The van der Waals surface area contributed by atoms with E-state index in [1.807, 2.05) is 74.5 Å². The third kappa shape index (κ3) is 7.48. The van der Waals surface area contributed by atoms with Crippen molar-refractivity contribution in [3.05, 3.63) is 84.4 Å². The van der Waals surface area contributed by atoms with Crippen LogP contribution >= 0.6 is 0 Å². The summed E-state index contributed by atoms with van der Waals surface area (Å²) in [5.74, 6) is -2.63.